The van der Waals surface area contributed by atoms with Crippen LogP contribution in [-0.2, 0) is 0 Å². The van der Waals surface area contributed by atoms with Gasteiger partial charge in [-0.3, -0.25) is 0 Å². The molecule has 0 unspecified atom stereocenters. The van der Waals surface area contributed by atoms with Gasteiger partial charge in [0.25, 0.3) is 0 Å². The van der Waals surface area contributed by atoms with Crippen LogP contribution in [0.4, 0.5) is 17.2 Å². The maximum atomic E-state index is 4.48. The summed E-state index contributed by atoms with van der Waals surface area (Å²) >= 11 is 0. The summed E-state index contributed by atoms with van der Waals surface area (Å²) in [6, 6.07) is 14.8. The molecule has 2 aliphatic heterocycles. The zero-order valence-electron chi connectivity index (χ0n) is 13.1. The van der Waals surface area contributed by atoms with Crippen molar-refractivity contribution in [1.29, 1.82) is 0 Å². The van der Waals surface area contributed by atoms with E-state index in [9.17, 15) is 0 Å². The van der Waals surface area contributed by atoms with Crippen LogP contribution in [0, 0.1) is 11.8 Å². The SMILES string of the molecule is O.[NH3+]c1ccc(N2C[C@H]3CN(c4ccccn4)C[C@@H]3C2)cc1.[OH-]. The minimum atomic E-state index is 0. The molecule has 0 saturated carbocycles. The van der Waals surface area contributed by atoms with Crippen molar-refractivity contribution in [2.45, 2.75) is 0 Å². The van der Waals surface area contributed by atoms with Crippen molar-refractivity contribution in [3.63, 3.8) is 0 Å². The first-order chi connectivity index (χ1) is 10.3. The summed E-state index contributed by atoms with van der Waals surface area (Å²) in [5.74, 6) is 2.64. The van der Waals surface area contributed by atoms with Crippen molar-refractivity contribution in [2.75, 3.05) is 36.0 Å². The van der Waals surface area contributed by atoms with Crippen LogP contribution < -0.4 is 15.5 Å². The Morgan fingerprint density at radius 2 is 1.48 bits per heavy atom. The molecule has 0 spiro atoms. The number of benzene rings is 1. The molecule has 2 aromatic rings. The fourth-order valence-corrected chi connectivity index (χ4v) is 3.64. The van der Waals surface area contributed by atoms with Gasteiger partial charge in [-0.15, -0.1) is 0 Å². The predicted molar refractivity (Wildman–Crippen MR) is 90.2 cm³/mol. The van der Waals surface area contributed by atoms with Crippen molar-refractivity contribution in [2.24, 2.45) is 11.8 Å². The van der Waals surface area contributed by atoms with E-state index in [2.05, 4.69) is 56.9 Å². The van der Waals surface area contributed by atoms with Gasteiger partial charge in [-0.25, -0.2) is 4.98 Å². The highest BCUT2D eigenvalue weighted by atomic mass is 16.0. The van der Waals surface area contributed by atoms with Crippen LogP contribution in [0.2, 0.25) is 0 Å². The van der Waals surface area contributed by atoms with Gasteiger partial charge in [0.1, 0.15) is 11.5 Å². The van der Waals surface area contributed by atoms with E-state index >= 15 is 0 Å². The van der Waals surface area contributed by atoms with Crippen LogP contribution in [0.5, 0.6) is 0 Å². The molecule has 124 valence electrons. The normalized spacial score (nSPS) is 22.3. The van der Waals surface area contributed by atoms with Crippen molar-refractivity contribution >= 4 is 17.2 Å². The number of hydrogen-bond acceptors (Lipinski definition) is 4. The van der Waals surface area contributed by atoms with Crippen LogP contribution in [0.15, 0.2) is 48.7 Å². The van der Waals surface area contributed by atoms with Crippen LogP contribution in [-0.4, -0.2) is 42.1 Å². The number of hydrogen-bond donors (Lipinski definition) is 1. The van der Waals surface area contributed by atoms with Gasteiger partial charge in [-0.05, 0) is 24.3 Å². The molecule has 3 heterocycles. The zero-order valence-corrected chi connectivity index (χ0v) is 13.1. The van der Waals surface area contributed by atoms with E-state index in [1.165, 1.54) is 5.69 Å². The lowest BCUT2D eigenvalue weighted by Crippen LogP contribution is -2.40. The lowest BCUT2D eigenvalue weighted by molar-refractivity contribution is -0.254. The molecule has 0 aliphatic carbocycles. The zero-order chi connectivity index (χ0) is 14.2. The Hall–Kier alpha value is -2.15. The summed E-state index contributed by atoms with van der Waals surface area (Å²) in [5, 5.41) is 0. The molecule has 0 amide bonds. The first-order valence-electron chi connectivity index (χ1n) is 7.62. The number of fused-ring (bicyclic) bond motifs is 1. The Bertz CT molecular complexity index is 606. The molecule has 0 radical (unpaired) electrons. The van der Waals surface area contributed by atoms with Crippen molar-refractivity contribution in [3.8, 4) is 0 Å². The molecule has 2 atom stereocenters. The smallest absolute Gasteiger partial charge is 0.128 e. The van der Waals surface area contributed by atoms with Gasteiger partial charge in [-0.2, -0.15) is 0 Å². The molecule has 4 rings (SSSR count). The summed E-state index contributed by atoms with van der Waals surface area (Å²) in [5.41, 5.74) is 6.37. The maximum Gasteiger partial charge on any atom is 0.128 e. The largest absolute Gasteiger partial charge is 0.870 e. The second-order valence-electron chi connectivity index (χ2n) is 6.18. The summed E-state index contributed by atoms with van der Waals surface area (Å²) in [4.78, 5) is 9.43. The second-order valence-corrected chi connectivity index (χ2v) is 6.18. The van der Waals surface area contributed by atoms with Crippen LogP contribution in [0.25, 0.3) is 0 Å². The third kappa shape index (κ3) is 3.29. The number of anilines is 2. The fraction of sp³-hybridized carbons (Fsp3) is 0.353. The van der Waals surface area contributed by atoms with Gasteiger partial charge >= 0.3 is 0 Å². The van der Waals surface area contributed by atoms with Gasteiger partial charge < -0.3 is 26.5 Å². The molecule has 6 N–H and O–H groups in total. The summed E-state index contributed by atoms with van der Waals surface area (Å²) in [6.07, 6.45) is 1.88. The third-order valence-electron chi connectivity index (χ3n) is 4.76. The first kappa shape index (κ1) is 17.2. The van der Waals surface area contributed by atoms with Crippen LogP contribution in [0.1, 0.15) is 0 Å². The van der Waals surface area contributed by atoms with Crippen molar-refractivity contribution in [1.82, 2.24) is 4.98 Å². The summed E-state index contributed by atoms with van der Waals surface area (Å²) < 4.78 is 0. The predicted octanol–water partition coefficient (Wildman–Crippen LogP) is 0.526. The third-order valence-corrected chi connectivity index (χ3v) is 4.76. The number of rotatable bonds is 2. The average molecular weight is 316 g/mol. The number of quaternary nitrogens is 1. The molecular weight excluding hydrogens is 292 g/mol. The topological polar surface area (TPSA) is 109 Å². The molecule has 0 bridgehead atoms. The Morgan fingerprint density at radius 3 is 2.04 bits per heavy atom. The Morgan fingerprint density at radius 1 is 0.870 bits per heavy atom. The van der Waals surface area contributed by atoms with E-state index < -0.39 is 0 Å². The lowest BCUT2D eigenvalue weighted by atomic mass is 10.0. The van der Waals surface area contributed by atoms with Gasteiger partial charge in [-0.1, -0.05) is 6.07 Å². The second kappa shape index (κ2) is 6.95. The van der Waals surface area contributed by atoms with Gasteiger partial charge in [0.05, 0.1) is 0 Å². The number of nitrogens with zero attached hydrogens (tertiary/aromatic N) is 3. The number of pyridine rings is 1. The van der Waals surface area contributed by atoms with Crippen molar-refractivity contribution < 1.29 is 16.7 Å². The van der Waals surface area contributed by atoms with Crippen molar-refractivity contribution in [3.05, 3.63) is 48.7 Å². The Labute approximate surface area is 136 Å². The molecule has 1 aromatic carbocycles. The average Bonchev–Trinajstić information content (AvgIpc) is 3.07. The molecule has 1 aromatic heterocycles. The molecule has 2 fully saturated rings. The Balaban J connectivity index is 0.000000960. The quantitative estimate of drug-likeness (QED) is 0.871. The molecule has 23 heavy (non-hydrogen) atoms. The monoisotopic (exact) mass is 316 g/mol. The highest BCUT2D eigenvalue weighted by molar-refractivity contribution is 5.52. The summed E-state index contributed by atoms with van der Waals surface area (Å²) in [7, 11) is 0. The minimum absolute atomic E-state index is 0. The van der Waals surface area contributed by atoms with Crippen LogP contribution >= 0.6 is 0 Å². The lowest BCUT2D eigenvalue weighted by Gasteiger charge is -2.23. The minimum Gasteiger partial charge on any atom is -0.870 e. The molecule has 6 nitrogen and oxygen atoms in total. The van der Waals surface area contributed by atoms with E-state index in [4.69, 9.17) is 0 Å². The molecule has 2 saturated heterocycles. The van der Waals surface area contributed by atoms with E-state index in [0.717, 1.165) is 49.5 Å². The van der Waals surface area contributed by atoms with Gasteiger partial charge in [0, 0.05) is 62.0 Å². The van der Waals surface area contributed by atoms with Gasteiger partial charge in [0.15, 0.2) is 0 Å². The highest BCUT2D eigenvalue weighted by Gasteiger charge is 2.40. The highest BCUT2D eigenvalue weighted by Crippen LogP contribution is 2.35. The molecule has 2 aliphatic rings. The van der Waals surface area contributed by atoms with Gasteiger partial charge in [0.2, 0.25) is 0 Å². The molecule has 6 heteroatoms. The maximum absolute atomic E-state index is 4.48. The Kier molecular flexibility index (Phi) is 5.20. The van der Waals surface area contributed by atoms with E-state index in [1.54, 1.807) is 0 Å². The van der Waals surface area contributed by atoms with E-state index in [0.29, 0.717) is 0 Å². The summed E-state index contributed by atoms with van der Waals surface area (Å²) in [6.45, 7) is 4.58. The van der Waals surface area contributed by atoms with E-state index in [-0.39, 0.29) is 11.0 Å². The molecular formula is C17H24N4O2. The van der Waals surface area contributed by atoms with E-state index in [1.807, 2.05) is 12.3 Å². The number of aromatic nitrogens is 1. The fourth-order valence-electron chi connectivity index (χ4n) is 3.64. The standard InChI is InChI=1S/C17H20N4.2H2O/c18-15-4-6-16(7-5-15)20-9-13-11-21(12-14(13)10-20)17-3-1-2-8-19-17;;/h1-8,13-14H,9-12,18H2;2*1H2/t13-,14-;;/m0../s1. The van der Waals surface area contributed by atoms with Crippen LogP contribution in [0.3, 0.4) is 0 Å². The first-order valence-corrected chi connectivity index (χ1v) is 7.62.